The Balaban J connectivity index is 2.30. The van der Waals surface area contributed by atoms with E-state index in [0.717, 1.165) is 16.9 Å². The van der Waals surface area contributed by atoms with Gasteiger partial charge in [0.05, 0.1) is 7.11 Å². The van der Waals surface area contributed by atoms with Crippen molar-refractivity contribution >= 4 is 0 Å². The van der Waals surface area contributed by atoms with Gasteiger partial charge in [0.15, 0.2) is 11.5 Å². The molecule has 0 aliphatic heterocycles. The van der Waals surface area contributed by atoms with E-state index in [9.17, 15) is 0 Å². The van der Waals surface area contributed by atoms with Crippen molar-refractivity contribution in [3.63, 3.8) is 0 Å². The molecule has 0 saturated heterocycles. The summed E-state index contributed by atoms with van der Waals surface area (Å²) >= 11 is 0. The van der Waals surface area contributed by atoms with Gasteiger partial charge in [-0.25, -0.2) is 0 Å². The fourth-order valence-corrected chi connectivity index (χ4v) is 2.13. The maximum absolute atomic E-state index is 6.09. The van der Waals surface area contributed by atoms with Crippen LogP contribution in [0.3, 0.4) is 0 Å². The summed E-state index contributed by atoms with van der Waals surface area (Å²) in [6, 6.07) is 15.8. The average Bonchev–Trinajstić information content (AvgIpc) is 2.46. The van der Waals surface area contributed by atoms with Gasteiger partial charge in [-0.05, 0) is 37.1 Å². The molecule has 2 atom stereocenters. The Morgan fingerprint density at radius 2 is 1.70 bits per heavy atom. The third-order valence-corrected chi connectivity index (χ3v) is 3.18. The van der Waals surface area contributed by atoms with Crippen LogP contribution in [-0.2, 0) is 0 Å². The van der Waals surface area contributed by atoms with Crippen LogP contribution in [0.1, 0.15) is 24.2 Å². The molecule has 0 bridgehead atoms. The predicted octanol–water partition coefficient (Wildman–Crippen LogP) is 3.47. The molecule has 106 valence electrons. The first-order valence-electron chi connectivity index (χ1n) is 6.73. The van der Waals surface area contributed by atoms with E-state index in [1.165, 1.54) is 0 Å². The number of hydrogen-bond acceptors (Lipinski definition) is 3. The Bertz CT molecular complexity index is 552. The van der Waals surface area contributed by atoms with Gasteiger partial charge in [-0.1, -0.05) is 36.4 Å². The molecule has 0 fully saturated rings. The second-order valence-electron chi connectivity index (χ2n) is 4.96. The second kappa shape index (κ2) is 6.44. The topological polar surface area (TPSA) is 44.5 Å². The SMILES string of the molecule is COc1cc(C)ccc1OC(c1ccccc1)C(C)N. The highest BCUT2D eigenvalue weighted by Crippen LogP contribution is 2.32. The number of rotatable bonds is 5. The van der Waals surface area contributed by atoms with Crippen LogP contribution in [-0.4, -0.2) is 13.2 Å². The van der Waals surface area contributed by atoms with Crippen molar-refractivity contribution in [2.75, 3.05) is 7.11 Å². The van der Waals surface area contributed by atoms with Crippen molar-refractivity contribution in [1.82, 2.24) is 0 Å². The molecule has 0 amide bonds. The van der Waals surface area contributed by atoms with Crippen LogP contribution >= 0.6 is 0 Å². The van der Waals surface area contributed by atoms with Crippen molar-refractivity contribution in [2.24, 2.45) is 5.73 Å². The van der Waals surface area contributed by atoms with Crippen molar-refractivity contribution in [3.8, 4) is 11.5 Å². The van der Waals surface area contributed by atoms with Crippen LogP contribution in [0.5, 0.6) is 11.5 Å². The summed E-state index contributed by atoms with van der Waals surface area (Å²) in [7, 11) is 1.64. The molecule has 0 saturated carbocycles. The van der Waals surface area contributed by atoms with Crippen molar-refractivity contribution in [2.45, 2.75) is 26.0 Å². The fourth-order valence-electron chi connectivity index (χ4n) is 2.13. The Morgan fingerprint density at radius 1 is 1.00 bits per heavy atom. The van der Waals surface area contributed by atoms with E-state index >= 15 is 0 Å². The van der Waals surface area contributed by atoms with Gasteiger partial charge in [-0.3, -0.25) is 0 Å². The van der Waals surface area contributed by atoms with Gasteiger partial charge in [0.25, 0.3) is 0 Å². The van der Waals surface area contributed by atoms with Crippen LogP contribution in [0.4, 0.5) is 0 Å². The Hall–Kier alpha value is -2.00. The molecule has 2 rings (SSSR count). The quantitative estimate of drug-likeness (QED) is 0.905. The standard InChI is InChI=1S/C17H21NO2/c1-12-9-10-15(16(11-12)19-3)20-17(13(2)18)14-7-5-4-6-8-14/h4-11,13,17H,18H2,1-3H3. The maximum atomic E-state index is 6.09. The summed E-state index contributed by atoms with van der Waals surface area (Å²) in [5.74, 6) is 1.44. The third-order valence-electron chi connectivity index (χ3n) is 3.18. The number of ether oxygens (including phenoxy) is 2. The van der Waals surface area contributed by atoms with E-state index in [1.807, 2.05) is 62.4 Å². The molecule has 0 heterocycles. The summed E-state index contributed by atoms with van der Waals surface area (Å²) < 4.78 is 11.5. The monoisotopic (exact) mass is 271 g/mol. The molecular weight excluding hydrogens is 250 g/mol. The van der Waals surface area contributed by atoms with Gasteiger partial charge in [-0.15, -0.1) is 0 Å². The molecule has 3 nitrogen and oxygen atoms in total. The molecule has 2 aromatic carbocycles. The number of benzene rings is 2. The van der Waals surface area contributed by atoms with Crippen molar-refractivity contribution in [1.29, 1.82) is 0 Å². The lowest BCUT2D eigenvalue weighted by molar-refractivity contribution is 0.173. The lowest BCUT2D eigenvalue weighted by atomic mass is 10.0. The Kier molecular flexibility index (Phi) is 4.64. The first kappa shape index (κ1) is 14.4. The Labute approximate surface area is 120 Å². The molecule has 2 aromatic rings. The maximum Gasteiger partial charge on any atom is 0.162 e. The first-order valence-corrected chi connectivity index (χ1v) is 6.73. The minimum atomic E-state index is -0.201. The van der Waals surface area contributed by atoms with Crippen LogP contribution in [0.15, 0.2) is 48.5 Å². The molecule has 0 aromatic heterocycles. The molecule has 0 aliphatic carbocycles. The van der Waals surface area contributed by atoms with Crippen LogP contribution < -0.4 is 15.2 Å². The summed E-state index contributed by atoms with van der Waals surface area (Å²) in [6.45, 7) is 3.96. The average molecular weight is 271 g/mol. The Morgan fingerprint density at radius 3 is 2.30 bits per heavy atom. The zero-order valence-electron chi connectivity index (χ0n) is 12.2. The highest BCUT2D eigenvalue weighted by molar-refractivity contribution is 5.43. The van der Waals surface area contributed by atoms with E-state index in [2.05, 4.69) is 0 Å². The molecule has 3 heteroatoms. The first-order chi connectivity index (χ1) is 9.61. The molecule has 0 aliphatic rings. The van der Waals surface area contributed by atoms with Gasteiger partial charge >= 0.3 is 0 Å². The highest BCUT2D eigenvalue weighted by atomic mass is 16.5. The van der Waals surface area contributed by atoms with E-state index in [4.69, 9.17) is 15.2 Å². The number of nitrogens with two attached hydrogens (primary N) is 1. The zero-order chi connectivity index (χ0) is 14.5. The molecule has 0 radical (unpaired) electrons. The summed E-state index contributed by atoms with van der Waals surface area (Å²) in [4.78, 5) is 0. The lowest BCUT2D eigenvalue weighted by Gasteiger charge is -2.24. The van der Waals surface area contributed by atoms with Crippen LogP contribution in [0, 0.1) is 6.92 Å². The summed E-state index contributed by atoms with van der Waals surface area (Å²) in [5, 5.41) is 0. The van der Waals surface area contributed by atoms with Gasteiger partial charge in [0.1, 0.15) is 6.10 Å². The van der Waals surface area contributed by atoms with Crippen LogP contribution in [0.2, 0.25) is 0 Å². The molecule has 2 N–H and O–H groups in total. The summed E-state index contributed by atoms with van der Waals surface area (Å²) in [6.07, 6.45) is -0.201. The number of aryl methyl sites for hydroxylation is 1. The highest BCUT2D eigenvalue weighted by Gasteiger charge is 2.19. The molecule has 2 unspecified atom stereocenters. The molecular formula is C17H21NO2. The van der Waals surface area contributed by atoms with E-state index in [1.54, 1.807) is 7.11 Å². The summed E-state index contributed by atoms with van der Waals surface area (Å²) in [5.41, 5.74) is 8.26. The van der Waals surface area contributed by atoms with Crippen LogP contribution in [0.25, 0.3) is 0 Å². The van der Waals surface area contributed by atoms with Crippen molar-refractivity contribution < 1.29 is 9.47 Å². The van der Waals surface area contributed by atoms with E-state index in [0.29, 0.717) is 5.75 Å². The lowest BCUT2D eigenvalue weighted by Crippen LogP contribution is -2.29. The fraction of sp³-hybridized carbons (Fsp3) is 0.294. The number of hydrogen-bond donors (Lipinski definition) is 1. The zero-order valence-corrected chi connectivity index (χ0v) is 12.2. The third kappa shape index (κ3) is 3.31. The normalized spacial score (nSPS) is 13.6. The number of methoxy groups -OCH3 is 1. The second-order valence-corrected chi connectivity index (χ2v) is 4.96. The largest absolute Gasteiger partial charge is 0.493 e. The molecule has 20 heavy (non-hydrogen) atoms. The minimum absolute atomic E-state index is 0.122. The van der Waals surface area contributed by atoms with Gasteiger partial charge in [0, 0.05) is 6.04 Å². The smallest absolute Gasteiger partial charge is 0.162 e. The van der Waals surface area contributed by atoms with Crippen molar-refractivity contribution in [3.05, 3.63) is 59.7 Å². The van der Waals surface area contributed by atoms with E-state index in [-0.39, 0.29) is 12.1 Å². The van der Waals surface area contributed by atoms with Gasteiger partial charge in [-0.2, -0.15) is 0 Å². The minimum Gasteiger partial charge on any atom is -0.493 e. The molecule has 0 spiro atoms. The van der Waals surface area contributed by atoms with E-state index < -0.39 is 0 Å². The van der Waals surface area contributed by atoms with Gasteiger partial charge in [0.2, 0.25) is 0 Å². The predicted molar refractivity (Wildman–Crippen MR) is 81.2 cm³/mol. The van der Waals surface area contributed by atoms with Gasteiger partial charge < -0.3 is 15.2 Å².